The molecule has 4 rings (SSSR count). The summed E-state index contributed by atoms with van der Waals surface area (Å²) < 4.78 is 40.9. The summed E-state index contributed by atoms with van der Waals surface area (Å²) in [5.41, 5.74) is 2.49. The van der Waals surface area contributed by atoms with Crippen molar-refractivity contribution in [2.24, 2.45) is 0 Å². The van der Waals surface area contributed by atoms with Crippen molar-refractivity contribution in [1.82, 2.24) is 10.2 Å². The highest BCUT2D eigenvalue weighted by Gasteiger charge is 2.38. The first-order valence-electron chi connectivity index (χ1n) is 11.0. The van der Waals surface area contributed by atoms with Crippen LogP contribution >= 0.6 is 11.6 Å². The Labute approximate surface area is 156 Å². The molecule has 1 saturated heterocycles. The Balaban J connectivity index is 1.82. The van der Waals surface area contributed by atoms with Gasteiger partial charge in [-0.05, 0) is 49.1 Å². The van der Waals surface area contributed by atoms with Crippen molar-refractivity contribution >= 4 is 11.6 Å². The van der Waals surface area contributed by atoms with E-state index in [4.69, 9.17) is 18.5 Å². The van der Waals surface area contributed by atoms with Crippen LogP contribution in [0, 0.1) is 0 Å². The molecular formula is C21H25ClN2. The summed E-state index contributed by atoms with van der Waals surface area (Å²) in [6.07, 6.45) is 0.680. The third-order valence-corrected chi connectivity index (χ3v) is 5.39. The zero-order valence-corrected chi connectivity index (χ0v) is 14.8. The second kappa shape index (κ2) is 6.18. The predicted octanol–water partition coefficient (Wildman–Crippen LogP) is 4.60. The number of piperazine rings is 1. The number of benzene rings is 2. The van der Waals surface area contributed by atoms with Gasteiger partial charge in [0.25, 0.3) is 0 Å². The Morgan fingerprint density at radius 1 is 1.21 bits per heavy atom. The zero-order chi connectivity index (χ0) is 21.1. The lowest BCUT2D eigenvalue weighted by Crippen LogP contribution is -2.57. The molecule has 2 atom stereocenters. The number of fused-ring (bicyclic) bond motifs is 1. The van der Waals surface area contributed by atoms with Crippen molar-refractivity contribution in [3.63, 3.8) is 0 Å². The molecule has 0 bridgehead atoms. The molecule has 2 aromatic carbocycles. The molecule has 0 unspecified atom stereocenters. The second-order valence-electron chi connectivity index (χ2n) is 7.40. The molecule has 126 valence electrons. The Kier molecular flexibility index (Phi) is 2.91. The summed E-state index contributed by atoms with van der Waals surface area (Å²) in [7, 11) is 0. The van der Waals surface area contributed by atoms with Crippen molar-refractivity contribution in [1.29, 1.82) is 0 Å². The number of rotatable bonds is 2. The van der Waals surface area contributed by atoms with Gasteiger partial charge in [0.2, 0.25) is 0 Å². The Morgan fingerprint density at radius 3 is 2.75 bits per heavy atom. The highest BCUT2D eigenvalue weighted by Crippen LogP contribution is 2.47. The van der Waals surface area contributed by atoms with Gasteiger partial charge >= 0.3 is 0 Å². The van der Waals surface area contributed by atoms with Crippen LogP contribution in [0.15, 0.2) is 48.4 Å². The fraction of sp³-hybridized carbons (Fsp3) is 0.429. The maximum absolute atomic E-state index is 8.43. The van der Waals surface area contributed by atoms with Crippen molar-refractivity contribution in [2.75, 3.05) is 19.6 Å². The normalized spacial score (nSPS) is 29.2. The van der Waals surface area contributed by atoms with Crippen molar-refractivity contribution in [3.05, 3.63) is 70.1 Å². The monoisotopic (exact) mass is 345 g/mol. The van der Waals surface area contributed by atoms with Gasteiger partial charge in [0.15, 0.2) is 0 Å². The molecule has 1 N–H and O–H groups in total. The van der Waals surface area contributed by atoms with Gasteiger partial charge in [-0.1, -0.05) is 47.9 Å². The maximum Gasteiger partial charge on any atom is 0.0626 e. The summed E-state index contributed by atoms with van der Waals surface area (Å²) in [5.74, 6) is -0.251. The van der Waals surface area contributed by atoms with Crippen LogP contribution in [0.4, 0.5) is 0 Å². The van der Waals surface area contributed by atoms with Crippen molar-refractivity contribution in [2.45, 2.75) is 37.8 Å². The Bertz CT molecular complexity index is 949. The average Bonchev–Trinajstić information content (AvgIpc) is 3.02. The summed E-state index contributed by atoms with van der Waals surface area (Å²) in [5, 5.41) is 4.19. The third kappa shape index (κ3) is 2.99. The van der Waals surface area contributed by atoms with Gasteiger partial charge in [-0.15, -0.1) is 0 Å². The number of nitrogens with one attached hydrogen (secondary N) is 1. The highest BCUT2D eigenvalue weighted by molar-refractivity contribution is 6.30. The van der Waals surface area contributed by atoms with Gasteiger partial charge in [0, 0.05) is 42.2 Å². The molecule has 1 heterocycles. The summed E-state index contributed by atoms with van der Waals surface area (Å²) >= 11 is 6.32. The van der Waals surface area contributed by atoms with Crippen molar-refractivity contribution in [3.8, 4) is 0 Å². The molecule has 0 saturated carbocycles. The van der Waals surface area contributed by atoms with E-state index in [0.717, 1.165) is 30.8 Å². The Morgan fingerprint density at radius 2 is 2.00 bits per heavy atom. The first kappa shape index (κ1) is 11.3. The quantitative estimate of drug-likeness (QED) is 0.855. The fourth-order valence-electron chi connectivity index (χ4n) is 4.13. The summed E-state index contributed by atoms with van der Waals surface area (Å²) in [6.45, 7) is 7.02. The average molecular weight is 346 g/mol. The van der Waals surface area contributed by atoms with Crippen LogP contribution in [0.25, 0.3) is 0 Å². The molecule has 2 nitrogen and oxygen atoms in total. The van der Waals surface area contributed by atoms with Crippen LogP contribution in [-0.4, -0.2) is 30.1 Å². The van der Waals surface area contributed by atoms with Crippen LogP contribution in [0.1, 0.15) is 55.8 Å². The molecule has 1 fully saturated rings. The number of hydrogen-bond donors (Lipinski definition) is 1. The number of nitrogens with zero attached hydrogens (tertiary/aromatic N) is 1. The lowest BCUT2D eigenvalue weighted by atomic mass is 9.93. The topological polar surface area (TPSA) is 15.3 Å². The molecule has 2 aromatic rings. The molecule has 1 aliphatic heterocycles. The maximum atomic E-state index is 8.43. The zero-order valence-electron chi connectivity index (χ0n) is 19.0. The molecule has 0 amide bonds. The number of hydrogen-bond acceptors (Lipinski definition) is 2. The minimum absolute atomic E-state index is 0.00813. The van der Waals surface area contributed by atoms with Crippen LogP contribution in [-0.2, 0) is 0 Å². The van der Waals surface area contributed by atoms with Crippen LogP contribution in [0.3, 0.4) is 0 Å². The van der Waals surface area contributed by atoms with Crippen LogP contribution < -0.4 is 5.32 Å². The Hall–Kier alpha value is -1.35. The largest absolute Gasteiger partial charge is 0.309 e. The van der Waals surface area contributed by atoms with E-state index in [2.05, 4.69) is 24.1 Å². The van der Waals surface area contributed by atoms with Crippen LogP contribution in [0.5, 0.6) is 0 Å². The highest BCUT2D eigenvalue weighted by atomic mass is 35.5. The molecule has 3 heteroatoms. The van der Waals surface area contributed by atoms with Gasteiger partial charge in [-0.3, -0.25) is 4.90 Å². The van der Waals surface area contributed by atoms with Gasteiger partial charge in [-0.2, -0.15) is 0 Å². The molecule has 2 aliphatic rings. The SMILES string of the molecule is [2H]c1c([2H])c([2H])c([C@@H]2C[C@@H](N3CCNC(C)(C)C3)c3cc(Cl)ccc32)c([2H])c1[2H]. The van der Waals surface area contributed by atoms with E-state index in [1.165, 1.54) is 0 Å². The van der Waals surface area contributed by atoms with Gasteiger partial charge in [-0.25, -0.2) is 0 Å². The lowest BCUT2D eigenvalue weighted by molar-refractivity contribution is 0.107. The minimum Gasteiger partial charge on any atom is -0.309 e. The summed E-state index contributed by atoms with van der Waals surface area (Å²) in [6, 6.07) is 4.75. The van der Waals surface area contributed by atoms with E-state index in [-0.39, 0.29) is 47.7 Å². The van der Waals surface area contributed by atoms with E-state index >= 15 is 0 Å². The smallest absolute Gasteiger partial charge is 0.0626 e. The third-order valence-electron chi connectivity index (χ3n) is 5.15. The molecule has 0 aromatic heterocycles. The molecule has 1 aliphatic carbocycles. The standard InChI is InChI=1S/C21H25ClN2/c1-21(2)14-24(11-10-23-21)20-13-18(15-6-4-3-5-7-15)17-9-8-16(22)12-19(17)20/h3-9,12,18,20,23H,10-11,13-14H2,1-2H3/t18-,20+/m0/s1/i3D,4D,5D,6D,7D. The van der Waals surface area contributed by atoms with E-state index < -0.39 is 0 Å². The fourth-order valence-corrected chi connectivity index (χ4v) is 4.31. The molecule has 24 heavy (non-hydrogen) atoms. The second-order valence-corrected chi connectivity index (χ2v) is 7.83. The van der Waals surface area contributed by atoms with E-state index in [1.807, 2.05) is 18.2 Å². The first-order chi connectivity index (χ1) is 13.6. The minimum atomic E-state index is -0.349. The predicted molar refractivity (Wildman–Crippen MR) is 101 cm³/mol. The van der Waals surface area contributed by atoms with E-state index in [0.29, 0.717) is 17.0 Å². The van der Waals surface area contributed by atoms with Crippen LogP contribution in [0.2, 0.25) is 5.02 Å². The van der Waals surface area contributed by atoms with Gasteiger partial charge < -0.3 is 5.32 Å². The van der Waals surface area contributed by atoms with E-state index in [9.17, 15) is 0 Å². The lowest BCUT2D eigenvalue weighted by Gasteiger charge is -2.42. The number of halogens is 1. The molecule has 0 radical (unpaired) electrons. The van der Waals surface area contributed by atoms with Crippen molar-refractivity contribution < 1.29 is 6.85 Å². The van der Waals surface area contributed by atoms with Gasteiger partial charge in [0.05, 0.1) is 6.85 Å². The first-order valence-corrected chi connectivity index (χ1v) is 8.84. The van der Waals surface area contributed by atoms with Gasteiger partial charge in [0.1, 0.15) is 0 Å². The molecular weight excluding hydrogens is 316 g/mol. The molecule has 0 spiro atoms. The summed E-state index contributed by atoms with van der Waals surface area (Å²) in [4.78, 5) is 2.43. The van der Waals surface area contributed by atoms with E-state index in [1.54, 1.807) is 0 Å².